The lowest BCUT2D eigenvalue weighted by molar-refractivity contribution is 0.148. The fraction of sp³-hybridized carbons (Fsp3) is 0.400. The van der Waals surface area contributed by atoms with E-state index in [1.165, 1.54) is 11.1 Å². The third-order valence-electron chi connectivity index (χ3n) is 4.68. The first-order chi connectivity index (χ1) is 11.4. The molecule has 1 unspecified atom stereocenters. The minimum absolute atomic E-state index is 0. The molecule has 0 aromatic heterocycles. The quantitative estimate of drug-likeness (QED) is 0.714. The van der Waals surface area contributed by atoms with Gasteiger partial charge in [0.15, 0.2) is 0 Å². The number of rotatable bonds is 6. The van der Waals surface area contributed by atoms with Crippen LogP contribution in [0.5, 0.6) is 0 Å². The molecule has 2 nitrogen and oxygen atoms in total. The first-order valence-electron chi connectivity index (χ1n) is 8.51. The topological polar surface area (TPSA) is 15.3 Å². The summed E-state index contributed by atoms with van der Waals surface area (Å²) in [4.78, 5) is 2.61. The molecule has 138 valence electrons. The zero-order valence-electron chi connectivity index (χ0n) is 14.3. The summed E-state index contributed by atoms with van der Waals surface area (Å²) in [6.45, 7) is 4.26. The summed E-state index contributed by atoms with van der Waals surface area (Å²) in [6, 6.07) is 22.3. The van der Waals surface area contributed by atoms with E-state index in [9.17, 15) is 0 Å². The van der Waals surface area contributed by atoms with Gasteiger partial charge in [-0.25, -0.2) is 0 Å². The van der Waals surface area contributed by atoms with E-state index in [0.717, 1.165) is 38.5 Å². The van der Waals surface area contributed by atoms with Gasteiger partial charge in [0.25, 0.3) is 0 Å². The van der Waals surface area contributed by atoms with E-state index in [1.807, 2.05) is 0 Å². The van der Waals surface area contributed by atoms with E-state index in [-0.39, 0.29) is 24.8 Å². The van der Waals surface area contributed by atoms with Gasteiger partial charge in [0.05, 0.1) is 0 Å². The summed E-state index contributed by atoms with van der Waals surface area (Å²) in [5.41, 5.74) is 2.78. The molecule has 5 heteroatoms. The number of benzene rings is 2. The zero-order chi connectivity index (χ0) is 15.9. The van der Waals surface area contributed by atoms with Crippen LogP contribution in [-0.4, -0.2) is 43.0 Å². The first-order valence-corrected chi connectivity index (χ1v) is 9.04. The van der Waals surface area contributed by atoms with E-state index >= 15 is 0 Å². The molecule has 1 aliphatic rings. The fourth-order valence-corrected chi connectivity index (χ4v) is 3.71. The van der Waals surface area contributed by atoms with E-state index in [0.29, 0.717) is 12.0 Å². The van der Waals surface area contributed by atoms with Crippen molar-refractivity contribution >= 4 is 36.4 Å². The minimum atomic E-state index is 0. The van der Waals surface area contributed by atoms with Crippen LogP contribution in [0.4, 0.5) is 0 Å². The van der Waals surface area contributed by atoms with Crippen molar-refractivity contribution in [3.63, 3.8) is 0 Å². The lowest BCUT2D eigenvalue weighted by Crippen LogP contribution is -2.54. The molecule has 2 aromatic carbocycles. The van der Waals surface area contributed by atoms with Gasteiger partial charge in [0.1, 0.15) is 0 Å². The highest BCUT2D eigenvalue weighted by Crippen LogP contribution is 2.31. The summed E-state index contributed by atoms with van der Waals surface area (Å²) < 4.78 is 0. The van der Waals surface area contributed by atoms with Gasteiger partial charge in [0, 0.05) is 37.5 Å². The molecular formula is C20H27Cl3N2. The second kappa shape index (κ2) is 11.8. The number of hydrogen-bond acceptors (Lipinski definition) is 2. The van der Waals surface area contributed by atoms with Crippen LogP contribution in [-0.2, 0) is 0 Å². The molecule has 1 atom stereocenters. The molecule has 3 rings (SSSR count). The molecule has 0 saturated carbocycles. The van der Waals surface area contributed by atoms with Gasteiger partial charge in [-0.2, -0.15) is 0 Å². The molecule has 1 saturated heterocycles. The molecule has 0 bridgehead atoms. The van der Waals surface area contributed by atoms with Gasteiger partial charge in [0.2, 0.25) is 0 Å². The van der Waals surface area contributed by atoms with Crippen LogP contribution in [0.1, 0.15) is 23.5 Å². The molecular weight excluding hydrogens is 375 g/mol. The van der Waals surface area contributed by atoms with E-state index in [2.05, 4.69) is 70.9 Å². The van der Waals surface area contributed by atoms with Crippen LogP contribution in [0.25, 0.3) is 0 Å². The summed E-state index contributed by atoms with van der Waals surface area (Å²) >= 11 is 5.94. The minimum Gasteiger partial charge on any atom is -0.314 e. The van der Waals surface area contributed by atoms with Gasteiger partial charge in [-0.3, -0.25) is 4.90 Å². The standard InChI is InChI=1S/C20H25ClN2.2ClH/c21-12-7-14-23-15-13-22-16-19(23)20(17-8-3-1-4-9-17)18-10-5-2-6-11-18;;/h1-6,8-11,19-20,22H,7,12-16H2;2*1H. The van der Waals surface area contributed by atoms with Crippen LogP contribution in [0.15, 0.2) is 60.7 Å². The first kappa shape index (κ1) is 22.3. The molecule has 0 amide bonds. The summed E-state index contributed by atoms with van der Waals surface area (Å²) in [5, 5.41) is 3.59. The van der Waals surface area contributed by atoms with E-state index < -0.39 is 0 Å². The van der Waals surface area contributed by atoms with Gasteiger partial charge < -0.3 is 5.32 Å². The second-order valence-electron chi connectivity index (χ2n) is 6.15. The van der Waals surface area contributed by atoms with E-state index in [1.54, 1.807) is 0 Å². The van der Waals surface area contributed by atoms with Crippen molar-refractivity contribution in [2.75, 3.05) is 32.1 Å². The van der Waals surface area contributed by atoms with Crippen molar-refractivity contribution in [2.24, 2.45) is 0 Å². The molecule has 25 heavy (non-hydrogen) atoms. The smallest absolute Gasteiger partial charge is 0.0330 e. The molecule has 1 fully saturated rings. The molecule has 1 N–H and O–H groups in total. The maximum atomic E-state index is 5.94. The molecule has 1 aliphatic heterocycles. The molecule has 2 aromatic rings. The largest absolute Gasteiger partial charge is 0.314 e. The van der Waals surface area contributed by atoms with Crippen molar-refractivity contribution < 1.29 is 0 Å². The SMILES string of the molecule is Cl.Cl.ClCCCN1CCNCC1C(c1ccccc1)c1ccccc1. The molecule has 0 radical (unpaired) electrons. The Labute approximate surface area is 168 Å². The van der Waals surface area contributed by atoms with Crippen LogP contribution >= 0.6 is 36.4 Å². The number of piperazine rings is 1. The van der Waals surface area contributed by atoms with Crippen molar-refractivity contribution in [2.45, 2.75) is 18.4 Å². The van der Waals surface area contributed by atoms with Crippen molar-refractivity contribution in [3.8, 4) is 0 Å². The Hall–Kier alpha value is -0.770. The van der Waals surface area contributed by atoms with Gasteiger partial charge in [-0.15, -0.1) is 36.4 Å². The van der Waals surface area contributed by atoms with Crippen LogP contribution in [0.3, 0.4) is 0 Å². The highest BCUT2D eigenvalue weighted by molar-refractivity contribution is 6.17. The normalized spacial score (nSPS) is 17.6. The summed E-state index contributed by atoms with van der Waals surface area (Å²) in [6.07, 6.45) is 1.05. The summed E-state index contributed by atoms with van der Waals surface area (Å²) in [7, 11) is 0. The Morgan fingerprint density at radius 3 is 2.04 bits per heavy atom. The second-order valence-corrected chi connectivity index (χ2v) is 6.53. The van der Waals surface area contributed by atoms with Gasteiger partial charge >= 0.3 is 0 Å². The Bertz CT molecular complexity index is 541. The fourth-order valence-electron chi connectivity index (χ4n) is 3.59. The predicted octanol–water partition coefficient (Wildman–Crippen LogP) is 4.56. The number of alkyl halides is 1. The third-order valence-corrected chi connectivity index (χ3v) is 4.95. The number of hydrogen-bond donors (Lipinski definition) is 1. The highest BCUT2D eigenvalue weighted by atomic mass is 35.5. The molecule has 0 spiro atoms. The summed E-state index contributed by atoms with van der Waals surface area (Å²) in [5.74, 6) is 1.12. The third kappa shape index (κ3) is 5.87. The average Bonchev–Trinajstić information content (AvgIpc) is 2.63. The Morgan fingerprint density at radius 2 is 1.52 bits per heavy atom. The van der Waals surface area contributed by atoms with E-state index in [4.69, 9.17) is 11.6 Å². The lowest BCUT2D eigenvalue weighted by Gasteiger charge is -2.41. The lowest BCUT2D eigenvalue weighted by atomic mass is 9.83. The van der Waals surface area contributed by atoms with Gasteiger partial charge in [-0.1, -0.05) is 60.7 Å². The monoisotopic (exact) mass is 400 g/mol. The predicted molar refractivity (Wildman–Crippen MR) is 113 cm³/mol. The molecule has 0 aliphatic carbocycles. The molecule has 1 heterocycles. The number of halogens is 3. The zero-order valence-corrected chi connectivity index (χ0v) is 16.7. The Morgan fingerprint density at radius 1 is 0.960 bits per heavy atom. The van der Waals surface area contributed by atoms with Crippen LogP contribution < -0.4 is 5.32 Å². The van der Waals surface area contributed by atoms with Crippen molar-refractivity contribution in [3.05, 3.63) is 71.8 Å². The average molecular weight is 402 g/mol. The van der Waals surface area contributed by atoms with Gasteiger partial charge in [-0.05, 0) is 24.1 Å². The number of nitrogens with one attached hydrogen (secondary N) is 1. The highest BCUT2D eigenvalue weighted by Gasteiger charge is 2.31. The maximum Gasteiger partial charge on any atom is 0.0330 e. The Kier molecular flexibility index (Phi) is 10.5. The number of nitrogens with zero attached hydrogens (tertiary/aromatic N) is 1. The van der Waals surface area contributed by atoms with Crippen molar-refractivity contribution in [1.29, 1.82) is 0 Å². The Balaban J connectivity index is 0.00000156. The maximum absolute atomic E-state index is 5.94. The van der Waals surface area contributed by atoms with Crippen LogP contribution in [0, 0.1) is 0 Å². The van der Waals surface area contributed by atoms with Crippen LogP contribution in [0.2, 0.25) is 0 Å². The van der Waals surface area contributed by atoms with Crippen molar-refractivity contribution in [1.82, 2.24) is 10.2 Å².